The normalized spacial score (nSPS) is 15.3. The van der Waals surface area contributed by atoms with E-state index >= 15 is 0 Å². The summed E-state index contributed by atoms with van der Waals surface area (Å²) in [5, 5.41) is 0.571. The molecule has 0 aromatic carbocycles. The zero-order valence-electron chi connectivity index (χ0n) is 13.6. The first-order valence-electron chi connectivity index (χ1n) is 7.16. The zero-order chi connectivity index (χ0) is 18.1. The van der Waals surface area contributed by atoms with E-state index in [2.05, 4.69) is 14.7 Å². The predicted molar refractivity (Wildman–Crippen MR) is 89.8 cm³/mol. The van der Waals surface area contributed by atoms with E-state index in [-0.39, 0.29) is 10.8 Å². The van der Waals surface area contributed by atoms with Crippen molar-refractivity contribution in [2.24, 2.45) is 0 Å². The first-order chi connectivity index (χ1) is 11.0. The Bertz CT molecular complexity index is 681. The van der Waals surface area contributed by atoms with Crippen molar-refractivity contribution in [1.82, 2.24) is 14.7 Å². The summed E-state index contributed by atoms with van der Waals surface area (Å²) in [7, 11) is 0. The molecule has 2 rings (SSSR count). The van der Waals surface area contributed by atoms with Gasteiger partial charge >= 0.3 is 6.18 Å². The quantitative estimate of drug-likeness (QED) is 0.806. The number of hydrogen-bond acceptors (Lipinski definition) is 5. The number of alkyl halides is 3. The Hall–Kier alpha value is -1.16. The Balaban J connectivity index is 2.13. The summed E-state index contributed by atoms with van der Waals surface area (Å²) >= 11 is 0.106. The fraction of sp³-hybridized carbons (Fsp3) is 0.467. The van der Waals surface area contributed by atoms with Crippen molar-refractivity contribution in [3.8, 4) is 10.6 Å². The van der Waals surface area contributed by atoms with E-state index in [1.807, 2.05) is 27.7 Å². The van der Waals surface area contributed by atoms with E-state index in [9.17, 15) is 17.7 Å². The molecule has 1 N–H and O–H groups in total. The average Bonchev–Trinajstić information content (AvgIpc) is 2.95. The summed E-state index contributed by atoms with van der Waals surface area (Å²) in [5.41, 5.74) is -0.415. The van der Waals surface area contributed by atoms with E-state index in [1.54, 1.807) is 6.20 Å². The van der Waals surface area contributed by atoms with E-state index in [0.29, 0.717) is 10.6 Å². The first kappa shape index (κ1) is 19.2. The van der Waals surface area contributed by atoms with Crippen LogP contribution in [0.25, 0.3) is 10.6 Å². The molecule has 0 spiro atoms. The fourth-order valence-corrected chi connectivity index (χ4v) is 3.49. The van der Waals surface area contributed by atoms with Gasteiger partial charge in [-0.05, 0) is 39.8 Å². The third-order valence-electron chi connectivity index (χ3n) is 3.09. The van der Waals surface area contributed by atoms with Crippen LogP contribution in [-0.4, -0.2) is 19.3 Å². The van der Waals surface area contributed by atoms with Crippen LogP contribution in [0, 0.1) is 0 Å². The summed E-state index contributed by atoms with van der Waals surface area (Å²) in [4.78, 5) is 8.52. The van der Waals surface area contributed by atoms with Gasteiger partial charge in [0, 0.05) is 34.2 Å². The van der Waals surface area contributed by atoms with Crippen LogP contribution >= 0.6 is 11.3 Å². The van der Waals surface area contributed by atoms with E-state index in [4.69, 9.17) is 0 Å². The lowest BCUT2D eigenvalue weighted by Crippen LogP contribution is -2.40. The van der Waals surface area contributed by atoms with Crippen molar-refractivity contribution in [2.45, 2.75) is 44.7 Å². The van der Waals surface area contributed by atoms with Crippen LogP contribution < -0.4 is 4.72 Å². The van der Waals surface area contributed by atoms with Crippen LogP contribution in [0.15, 0.2) is 24.5 Å². The molecule has 132 valence electrons. The van der Waals surface area contributed by atoms with Gasteiger partial charge in [0.05, 0.1) is 6.04 Å². The summed E-state index contributed by atoms with van der Waals surface area (Å²) in [6.45, 7) is 7.48. The lowest BCUT2D eigenvalue weighted by atomic mass is 10.2. The Morgan fingerprint density at radius 2 is 1.83 bits per heavy atom. The van der Waals surface area contributed by atoms with Gasteiger partial charge in [-0.1, -0.05) is 0 Å². The number of aromatic nitrogens is 2. The number of nitrogens with one attached hydrogen (secondary N) is 1. The Kier molecular flexibility index (Phi) is 5.58. The molecule has 1 unspecified atom stereocenters. The molecule has 2 heterocycles. The second kappa shape index (κ2) is 6.99. The van der Waals surface area contributed by atoms with Crippen LogP contribution in [0.5, 0.6) is 0 Å². The van der Waals surface area contributed by atoms with Gasteiger partial charge in [-0.15, -0.1) is 16.1 Å². The number of halogens is 3. The van der Waals surface area contributed by atoms with Gasteiger partial charge in [-0.2, -0.15) is 13.2 Å². The van der Waals surface area contributed by atoms with Gasteiger partial charge in [-0.3, -0.25) is 4.98 Å². The van der Waals surface area contributed by atoms with Crippen molar-refractivity contribution >= 4 is 22.7 Å². The molecule has 9 heteroatoms. The Morgan fingerprint density at radius 1 is 1.17 bits per heavy atom. The van der Waals surface area contributed by atoms with E-state index in [0.717, 1.165) is 17.1 Å². The molecular formula is C15H18F3N3OS2. The molecule has 0 saturated carbocycles. The van der Waals surface area contributed by atoms with Crippen LogP contribution in [0.4, 0.5) is 13.2 Å². The summed E-state index contributed by atoms with van der Waals surface area (Å²) < 4.78 is 52.4. The summed E-state index contributed by atoms with van der Waals surface area (Å²) in [6, 6.07) is 2.11. The van der Waals surface area contributed by atoms with Gasteiger partial charge in [-0.25, -0.2) is 4.98 Å². The molecule has 2 aromatic rings. The number of rotatable bonds is 4. The molecule has 2 aromatic heterocycles. The molecule has 0 fully saturated rings. The van der Waals surface area contributed by atoms with Gasteiger partial charge in [0.25, 0.3) is 0 Å². The van der Waals surface area contributed by atoms with Crippen LogP contribution in [0.3, 0.4) is 0 Å². The highest BCUT2D eigenvalue weighted by Crippen LogP contribution is 2.32. The van der Waals surface area contributed by atoms with E-state index in [1.165, 1.54) is 17.4 Å². The van der Waals surface area contributed by atoms with Crippen molar-refractivity contribution in [3.05, 3.63) is 35.1 Å². The van der Waals surface area contributed by atoms with Gasteiger partial charge in [0.1, 0.15) is 15.4 Å². The summed E-state index contributed by atoms with van der Waals surface area (Å²) in [6.07, 6.45) is -1.66. The monoisotopic (exact) mass is 377 g/mol. The fourth-order valence-electron chi connectivity index (χ4n) is 1.70. The van der Waals surface area contributed by atoms with Crippen molar-refractivity contribution in [1.29, 1.82) is 0 Å². The molecule has 4 nitrogen and oxygen atoms in total. The molecule has 0 aliphatic carbocycles. The maximum absolute atomic E-state index is 12.5. The number of thiazole rings is 1. The molecule has 2 atom stereocenters. The average molecular weight is 377 g/mol. The number of pyridine rings is 1. The largest absolute Gasteiger partial charge is 0.598 e. The molecule has 0 aliphatic heterocycles. The van der Waals surface area contributed by atoms with Gasteiger partial charge in [0.15, 0.2) is 0 Å². The molecule has 0 bridgehead atoms. The molecular weight excluding hydrogens is 359 g/mol. The third kappa shape index (κ3) is 4.69. The standard InChI is InChI=1S/C15H18F3N3OS2/c1-9(21-24(22)14(2,3)4)11-8-20-13(23-11)10-5-6-12(19-7-10)15(16,17)18/h5-9,21H,1-4H3/t9-,24?/m0/s1. The zero-order valence-corrected chi connectivity index (χ0v) is 15.3. The number of nitrogens with zero attached hydrogens (tertiary/aromatic N) is 2. The second-order valence-electron chi connectivity index (χ2n) is 6.22. The minimum atomic E-state index is -4.46. The number of hydrogen-bond donors (Lipinski definition) is 1. The van der Waals surface area contributed by atoms with Crippen LogP contribution in [-0.2, 0) is 17.5 Å². The Labute approximate surface area is 145 Å². The predicted octanol–water partition coefficient (Wildman–Crippen LogP) is 4.34. The van der Waals surface area contributed by atoms with Crippen LogP contribution in [0.2, 0.25) is 0 Å². The van der Waals surface area contributed by atoms with Crippen LogP contribution in [0.1, 0.15) is 44.3 Å². The lowest BCUT2D eigenvalue weighted by Gasteiger charge is -2.25. The highest BCUT2D eigenvalue weighted by Gasteiger charge is 2.32. The molecule has 0 saturated heterocycles. The van der Waals surface area contributed by atoms with Gasteiger partial charge in [0.2, 0.25) is 0 Å². The molecule has 24 heavy (non-hydrogen) atoms. The second-order valence-corrected chi connectivity index (χ2v) is 9.28. The highest BCUT2D eigenvalue weighted by molar-refractivity contribution is 7.90. The SMILES string of the molecule is C[C@H](N[S+]([O-])C(C)(C)C)c1cnc(-c2ccc(C(F)(F)F)nc2)s1. The third-order valence-corrected chi connectivity index (χ3v) is 6.00. The summed E-state index contributed by atoms with van der Waals surface area (Å²) in [5.74, 6) is 0. The highest BCUT2D eigenvalue weighted by atomic mass is 32.2. The smallest absolute Gasteiger partial charge is 0.433 e. The topological polar surface area (TPSA) is 60.9 Å². The molecule has 0 radical (unpaired) electrons. The maximum atomic E-state index is 12.5. The van der Waals surface area contributed by atoms with E-state index < -0.39 is 23.2 Å². The van der Waals surface area contributed by atoms with Crippen molar-refractivity contribution < 1.29 is 17.7 Å². The van der Waals surface area contributed by atoms with Crippen molar-refractivity contribution in [3.63, 3.8) is 0 Å². The maximum Gasteiger partial charge on any atom is 0.433 e. The minimum Gasteiger partial charge on any atom is -0.598 e. The lowest BCUT2D eigenvalue weighted by molar-refractivity contribution is -0.141. The first-order valence-corrected chi connectivity index (χ1v) is 9.12. The molecule has 0 amide bonds. The minimum absolute atomic E-state index is 0.182. The van der Waals surface area contributed by atoms with Gasteiger partial charge < -0.3 is 4.55 Å². The Morgan fingerprint density at radius 3 is 2.33 bits per heavy atom. The molecule has 0 aliphatic rings. The van der Waals surface area contributed by atoms with Crippen molar-refractivity contribution in [2.75, 3.05) is 0 Å².